The van der Waals surface area contributed by atoms with Crippen LogP contribution < -0.4 is 4.90 Å². The van der Waals surface area contributed by atoms with Gasteiger partial charge >= 0.3 is 0 Å². The second-order valence-electron chi connectivity index (χ2n) is 6.07. The van der Waals surface area contributed by atoms with Crippen LogP contribution in [-0.4, -0.2) is 36.0 Å². The minimum absolute atomic E-state index is 0.155. The van der Waals surface area contributed by atoms with Gasteiger partial charge in [-0.2, -0.15) is 0 Å². The van der Waals surface area contributed by atoms with E-state index in [1.807, 2.05) is 36.9 Å². The molecule has 4 rings (SSSR count). The summed E-state index contributed by atoms with van der Waals surface area (Å²) < 4.78 is 1.86. The van der Waals surface area contributed by atoms with Gasteiger partial charge in [0.25, 0.3) is 0 Å². The van der Waals surface area contributed by atoms with Crippen molar-refractivity contribution in [1.29, 1.82) is 0 Å². The van der Waals surface area contributed by atoms with Gasteiger partial charge in [-0.1, -0.05) is 0 Å². The lowest BCUT2D eigenvalue weighted by Gasteiger charge is -2.24. The van der Waals surface area contributed by atoms with Gasteiger partial charge in [0.05, 0.1) is 24.1 Å². The van der Waals surface area contributed by atoms with Gasteiger partial charge in [-0.05, 0) is 32.8 Å². The molecule has 0 aromatic carbocycles. The van der Waals surface area contributed by atoms with Gasteiger partial charge in [0, 0.05) is 30.3 Å². The lowest BCUT2D eigenvalue weighted by atomic mass is 10.1. The summed E-state index contributed by atoms with van der Waals surface area (Å²) in [6.45, 7) is 4.94. The van der Waals surface area contributed by atoms with Crippen LogP contribution in [0.3, 0.4) is 0 Å². The van der Waals surface area contributed by atoms with Gasteiger partial charge in [0.1, 0.15) is 6.33 Å². The number of hydrogen-bond acceptors (Lipinski definition) is 6. The normalized spacial score (nSPS) is 17.4. The Bertz CT molecular complexity index is 824. The Kier molecular flexibility index (Phi) is 3.68. The largest absolute Gasteiger partial charge is 0.332 e. The summed E-state index contributed by atoms with van der Waals surface area (Å²) in [5.74, 6) is 1.56. The van der Waals surface area contributed by atoms with E-state index in [1.54, 1.807) is 18.7 Å². The molecule has 0 bridgehead atoms. The van der Waals surface area contributed by atoms with Crippen LogP contribution in [0.4, 0.5) is 5.95 Å². The van der Waals surface area contributed by atoms with E-state index < -0.39 is 0 Å². The van der Waals surface area contributed by atoms with E-state index in [-0.39, 0.29) is 6.04 Å². The molecule has 0 radical (unpaired) electrons. The molecular weight excluding hydrogens is 302 g/mol. The Morgan fingerprint density at radius 1 is 1.04 bits per heavy atom. The monoisotopic (exact) mass is 321 g/mol. The van der Waals surface area contributed by atoms with Crippen LogP contribution in [0.2, 0.25) is 0 Å². The van der Waals surface area contributed by atoms with Crippen LogP contribution in [0.15, 0.2) is 37.2 Å². The fraction of sp³-hybridized carbons (Fsp3) is 0.353. The molecule has 7 heteroatoms. The molecule has 3 aromatic heterocycles. The summed E-state index contributed by atoms with van der Waals surface area (Å²) in [7, 11) is 0. The Morgan fingerprint density at radius 2 is 1.88 bits per heavy atom. The third-order valence-corrected chi connectivity index (χ3v) is 4.23. The number of aryl methyl sites for hydroxylation is 2. The first kappa shape index (κ1) is 14.7. The van der Waals surface area contributed by atoms with Crippen molar-refractivity contribution in [3.8, 4) is 5.82 Å². The second-order valence-corrected chi connectivity index (χ2v) is 6.07. The number of aromatic nitrogens is 6. The van der Waals surface area contributed by atoms with Crippen molar-refractivity contribution in [2.24, 2.45) is 0 Å². The van der Waals surface area contributed by atoms with E-state index >= 15 is 0 Å². The molecule has 0 aliphatic carbocycles. The number of imidazole rings is 1. The number of hydrogen-bond donors (Lipinski definition) is 0. The topological polar surface area (TPSA) is 72.6 Å². The Balaban J connectivity index is 1.69. The average molecular weight is 321 g/mol. The van der Waals surface area contributed by atoms with Crippen molar-refractivity contribution in [2.75, 3.05) is 11.4 Å². The fourth-order valence-electron chi connectivity index (χ4n) is 3.20. The second kappa shape index (κ2) is 5.99. The quantitative estimate of drug-likeness (QED) is 0.737. The van der Waals surface area contributed by atoms with Crippen LogP contribution in [0, 0.1) is 13.8 Å². The molecule has 0 N–H and O–H groups in total. The molecule has 3 aromatic rings. The maximum Gasteiger partial charge on any atom is 0.226 e. The zero-order chi connectivity index (χ0) is 16.5. The summed E-state index contributed by atoms with van der Waals surface area (Å²) in [6.07, 6.45) is 11.0. The van der Waals surface area contributed by atoms with Crippen molar-refractivity contribution in [1.82, 2.24) is 29.5 Å². The van der Waals surface area contributed by atoms with E-state index in [1.165, 1.54) is 0 Å². The summed E-state index contributed by atoms with van der Waals surface area (Å²) in [4.78, 5) is 24.7. The Labute approximate surface area is 140 Å². The number of rotatable bonds is 3. The predicted octanol–water partition coefficient (Wildman–Crippen LogP) is 2.41. The molecule has 4 heterocycles. The van der Waals surface area contributed by atoms with Gasteiger partial charge in [-0.3, -0.25) is 9.55 Å². The Morgan fingerprint density at radius 3 is 2.62 bits per heavy atom. The van der Waals surface area contributed by atoms with E-state index in [0.717, 1.165) is 48.2 Å². The average Bonchev–Trinajstić information content (AvgIpc) is 3.26. The van der Waals surface area contributed by atoms with E-state index in [9.17, 15) is 0 Å². The van der Waals surface area contributed by atoms with Crippen molar-refractivity contribution in [3.05, 3.63) is 54.3 Å². The van der Waals surface area contributed by atoms with Crippen LogP contribution in [-0.2, 0) is 0 Å². The highest BCUT2D eigenvalue weighted by Gasteiger charge is 2.29. The standard InChI is InChI=1S/C17H19N7/c1-12-8-13(2)21-17(20-12)24-6-3-4-15(24)14-9-19-10-16(22-14)23-7-5-18-11-23/h5,7-11,15H,3-4,6H2,1-2H3/t15-/m1/s1. The van der Waals surface area contributed by atoms with Gasteiger partial charge in [-0.25, -0.2) is 19.9 Å². The molecule has 1 aliphatic heterocycles. The molecule has 1 atom stereocenters. The molecule has 1 aliphatic rings. The maximum atomic E-state index is 4.78. The van der Waals surface area contributed by atoms with E-state index in [0.29, 0.717) is 0 Å². The van der Waals surface area contributed by atoms with Crippen molar-refractivity contribution in [3.63, 3.8) is 0 Å². The molecule has 1 saturated heterocycles. The van der Waals surface area contributed by atoms with Gasteiger partial charge in [0.2, 0.25) is 5.95 Å². The fourth-order valence-corrected chi connectivity index (χ4v) is 3.20. The first-order valence-corrected chi connectivity index (χ1v) is 8.10. The summed E-state index contributed by atoms with van der Waals surface area (Å²) >= 11 is 0. The first-order chi connectivity index (χ1) is 11.7. The van der Waals surface area contributed by atoms with Crippen molar-refractivity contribution in [2.45, 2.75) is 32.7 Å². The summed E-state index contributed by atoms with van der Waals surface area (Å²) in [6, 6.07) is 2.15. The highest BCUT2D eigenvalue weighted by molar-refractivity contribution is 5.38. The highest BCUT2D eigenvalue weighted by atomic mass is 15.3. The molecule has 1 fully saturated rings. The summed E-state index contributed by atoms with van der Waals surface area (Å²) in [5.41, 5.74) is 2.92. The van der Waals surface area contributed by atoms with Gasteiger partial charge in [0.15, 0.2) is 5.82 Å². The lowest BCUT2D eigenvalue weighted by Crippen LogP contribution is -2.26. The molecular formula is C17H19N7. The van der Waals surface area contributed by atoms with Crippen LogP contribution in [0.1, 0.15) is 36.0 Å². The third-order valence-electron chi connectivity index (χ3n) is 4.23. The molecule has 7 nitrogen and oxygen atoms in total. The van der Waals surface area contributed by atoms with Crippen molar-refractivity contribution >= 4 is 5.95 Å². The lowest BCUT2D eigenvalue weighted by molar-refractivity contribution is 0.669. The molecule has 122 valence electrons. The molecule has 0 amide bonds. The highest BCUT2D eigenvalue weighted by Crippen LogP contribution is 2.33. The minimum Gasteiger partial charge on any atom is -0.332 e. The third kappa shape index (κ3) is 2.73. The summed E-state index contributed by atoms with van der Waals surface area (Å²) in [5, 5.41) is 0. The zero-order valence-electron chi connectivity index (χ0n) is 13.8. The number of nitrogens with zero attached hydrogens (tertiary/aromatic N) is 7. The molecule has 0 saturated carbocycles. The van der Waals surface area contributed by atoms with E-state index in [4.69, 9.17) is 4.98 Å². The van der Waals surface area contributed by atoms with E-state index in [2.05, 4.69) is 24.8 Å². The van der Waals surface area contributed by atoms with Crippen LogP contribution in [0.5, 0.6) is 0 Å². The molecule has 0 spiro atoms. The van der Waals surface area contributed by atoms with Crippen LogP contribution >= 0.6 is 0 Å². The first-order valence-electron chi connectivity index (χ1n) is 8.10. The smallest absolute Gasteiger partial charge is 0.226 e. The van der Waals surface area contributed by atoms with Crippen molar-refractivity contribution < 1.29 is 0 Å². The maximum absolute atomic E-state index is 4.78. The SMILES string of the molecule is Cc1cc(C)nc(N2CCC[C@@H]2c2cncc(-n3ccnc3)n2)n1. The molecule has 0 unspecified atom stereocenters. The molecule has 24 heavy (non-hydrogen) atoms. The zero-order valence-corrected chi connectivity index (χ0v) is 13.8. The predicted molar refractivity (Wildman–Crippen MR) is 90.0 cm³/mol. The minimum atomic E-state index is 0.155. The van der Waals surface area contributed by atoms with Gasteiger partial charge < -0.3 is 4.90 Å². The van der Waals surface area contributed by atoms with Crippen LogP contribution in [0.25, 0.3) is 5.82 Å². The van der Waals surface area contributed by atoms with Gasteiger partial charge in [-0.15, -0.1) is 0 Å². The number of anilines is 1. The Hall–Kier alpha value is -2.83.